The Bertz CT molecular complexity index is 966. The monoisotopic (exact) mass is 438 g/mol. The molecule has 1 aromatic heterocycles. The number of allylic oxidation sites excluding steroid dienone is 1. The van der Waals surface area contributed by atoms with Crippen LogP contribution in [-0.4, -0.2) is 41.1 Å². The second-order valence-electron chi connectivity index (χ2n) is 8.69. The van der Waals surface area contributed by atoms with E-state index in [1.165, 1.54) is 4.90 Å². The Morgan fingerprint density at radius 3 is 2.35 bits per heavy atom. The Labute approximate surface area is 178 Å². The third-order valence-electron chi connectivity index (χ3n) is 5.77. The second kappa shape index (κ2) is 8.09. The van der Waals surface area contributed by atoms with E-state index in [9.17, 15) is 22.4 Å². The predicted octanol–water partition coefficient (Wildman–Crippen LogP) is 4.58. The summed E-state index contributed by atoms with van der Waals surface area (Å²) in [5.74, 6) is -1.14. The van der Waals surface area contributed by atoms with Crippen LogP contribution in [0.25, 0.3) is 0 Å². The van der Waals surface area contributed by atoms with Crippen LogP contribution in [0.5, 0.6) is 0 Å². The summed E-state index contributed by atoms with van der Waals surface area (Å²) < 4.78 is 52.4. The molecule has 2 fully saturated rings. The molecule has 31 heavy (non-hydrogen) atoms. The number of carbonyl (C=O) groups excluding carboxylic acids is 1. The van der Waals surface area contributed by atoms with Gasteiger partial charge in [-0.25, -0.2) is 9.38 Å². The molecule has 1 saturated carbocycles. The molecule has 3 rings (SSSR count). The lowest BCUT2D eigenvalue weighted by molar-refractivity contribution is -0.138. The van der Waals surface area contributed by atoms with Crippen molar-refractivity contribution in [3.8, 4) is 0 Å². The number of alkyl halides is 3. The van der Waals surface area contributed by atoms with Crippen LogP contribution < -0.4 is 5.32 Å². The smallest absolute Gasteiger partial charge is 0.365 e. The summed E-state index contributed by atoms with van der Waals surface area (Å²) in [6.45, 7) is 11.5. The fourth-order valence-corrected chi connectivity index (χ4v) is 3.60. The largest absolute Gasteiger partial charge is 0.417 e. The van der Waals surface area contributed by atoms with E-state index in [-0.39, 0.29) is 30.2 Å². The van der Waals surface area contributed by atoms with Crippen LogP contribution in [0, 0.1) is 5.82 Å². The number of hydrogen-bond acceptors (Lipinski definition) is 4. The van der Waals surface area contributed by atoms with E-state index in [0.717, 1.165) is 18.4 Å². The Morgan fingerprint density at radius 2 is 1.90 bits per heavy atom. The quantitative estimate of drug-likeness (QED) is 0.306. The molecule has 5 nitrogen and oxygen atoms in total. The summed E-state index contributed by atoms with van der Waals surface area (Å²) in [4.78, 5) is 22.4. The first kappa shape index (κ1) is 23.0. The molecular weight excluding hydrogens is 412 g/mol. The molecule has 1 aliphatic heterocycles. The molecule has 0 atom stereocenters. The van der Waals surface area contributed by atoms with Crippen LogP contribution in [0.15, 0.2) is 39.8 Å². The van der Waals surface area contributed by atoms with Crippen molar-refractivity contribution in [1.29, 1.82) is 0 Å². The molecule has 1 aromatic rings. The average molecular weight is 438 g/mol. The van der Waals surface area contributed by atoms with Gasteiger partial charge in [0.1, 0.15) is 11.6 Å². The number of nitrogens with zero attached hydrogens (tertiary/aromatic N) is 3. The van der Waals surface area contributed by atoms with E-state index < -0.39 is 23.5 Å². The fourth-order valence-electron chi connectivity index (χ4n) is 3.60. The number of rotatable bonds is 6. The number of aromatic nitrogens is 1. The van der Waals surface area contributed by atoms with Crippen molar-refractivity contribution in [1.82, 2.24) is 15.2 Å². The van der Waals surface area contributed by atoms with Crippen molar-refractivity contribution < 1.29 is 22.4 Å². The first-order valence-electron chi connectivity index (χ1n) is 10.0. The average Bonchev–Trinajstić information content (AvgIpc) is 3.36. The highest BCUT2D eigenvalue weighted by Gasteiger charge is 2.40. The normalized spacial score (nSPS) is 18.6. The SMILES string of the molecule is C=N/C(NC1(C)CC1)=C(\C)C(C(=O)N1CC(c2ncc(C(F)(F)F)cc2F)C1)=C(C)C. The van der Waals surface area contributed by atoms with Gasteiger partial charge in [0.05, 0.1) is 11.3 Å². The van der Waals surface area contributed by atoms with Crippen molar-refractivity contribution in [2.45, 2.75) is 58.2 Å². The highest BCUT2D eigenvalue weighted by molar-refractivity contribution is 5.99. The summed E-state index contributed by atoms with van der Waals surface area (Å²) in [6, 6.07) is 0.452. The molecule has 2 heterocycles. The van der Waals surface area contributed by atoms with Crippen LogP contribution in [0.3, 0.4) is 0 Å². The van der Waals surface area contributed by atoms with Gasteiger partial charge in [0.2, 0.25) is 0 Å². The Balaban J connectivity index is 1.75. The van der Waals surface area contributed by atoms with E-state index in [1.807, 2.05) is 13.8 Å². The lowest BCUT2D eigenvalue weighted by Crippen LogP contribution is -2.50. The van der Waals surface area contributed by atoms with E-state index >= 15 is 0 Å². The van der Waals surface area contributed by atoms with Gasteiger partial charge in [-0.15, -0.1) is 0 Å². The topological polar surface area (TPSA) is 57.6 Å². The van der Waals surface area contributed by atoms with Gasteiger partial charge in [-0.1, -0.05) is 5.57 Å². The zero-order chi connectivity index (χ0) is 23.1. The zero-order valence-electron chi connectivity index (χ0n) is 18.0. The zero-order valence-corrected chi connectivity index (χ0v) is 18.0. The maximum absolute atomic E-state index is 14.2. The molecular formula is C22H26F4N4O. The third kappa shape index (κ3) is 4.80. The Hall–Kier alpha value is -2.71. The van der Waals surface area contributed by atoms with Gasteiger partial charge in [0.15, 0.2) is 0 Å². The number of amides is 1. The number of pyridine rings is 1. The highest BCUT2D eigenvalue weighted by atomic mass is 19.4. The summed E-state index contributed by atoms with van der Waals surface area (Å²) in [6.07, 6.45) is -2.00. The van der Waals surface area contributed by atoms with E-state index in [0.29, 0.717) is 29.2 Å². The molecule has 0 aromatic carbocycles. The number of hydrogen-bond donors (Lipinski definition) is 1. The summed E-state index contributed by atoms with van der Waals surface area (Å²) in [5.41, 5.74) is 0.749. The number of carbonyl (C=O) groups is 1. The van der Waals surface area contributed by atoms with Crippen molar-refractivity contribution >= 4 is 12.6 Å². The molecule has 1 aliphatic carbocycles. The first-order valence-corrected chi connectivity index (χ1v) is 10.0. The number of nitrogens with one attached hydrogen (secondary N) is 1. The molecule has 0 unspecified atom stereocenters. The minimum Gasteiger partial charge on any atom is -0.365 e. The molecule has 1 amide bonds. The minimum atomic E-state index is -4.65. The van der Waals surface area contributed by atoms with Gasteiger partial charge in [0, 0.05) is 41.9 Å². The van der Waals surface area contributed by atoms with Crippen LogP contribution in [-0.2, 0) is 11.0 Å². The molecule has 9 heteroatoms. The standard InChI is InChI=1S/C22H26F4N4O/c1-12(2)17(13(3)19(27-5)29-21(4)6-7-21)20(31)30-10-14(11-30)18-16(23)8-15(9-28-18)22(24,25)26/h8-9,14,29H,5-7,10-11H2,1-4H3/b19-13-. The first-order chi connectivity index (χ1) is 14.4. The third-order valence-corrected chi connectivity index (χ3v) is 5.77. The van der Waals surface area contributed by atoms with Crippen molar-refractivity contribution in [2.24, 2.45) is 4.99 Å². The summed E-state index contributed by atoms with van der Waals surface area (Å²) in [5, 5.41) is 3.34. The van der Waals surface area contributed by atoms with Crippen LogP contribution in [0.1, 0.15) is 57.7 Å². The maximum atomic E-state index is 14.2. The maximum Gasteiger partial charge on any atom is 0.417 e. The van der Waals surface area contributed by atoms with E-state index in [2.05, 4.69) is 28.9 Å². The van der Waals surface area contributed by atoms with Crippen molar-refractivity contribution in [3.63, 3.8) is 0 Å². The summed E-state index contributed by atoms with van der Waals surface area (Å²) in [7, 11) is 0. The second-order valence-corrected chi connectivity index (χ2v) is 8.69. The highest BCUT2D eigenvalue weighted by Crippen LogP contribution is 2.37. The summed E-state index contributed by atoms with van der Waals surface area (Å²) >= 11 is 0. The van der Waals surface area contributed by atoms with Gasteiger partial charge in [0.25, 0.3) is 5.91 Å². The van der Waals surface area contributed by atoms with Gasteiger partial charge in [-0.2, -0.15) is 13.2 Å². The van der Waals surface area contributed by atoms with Gasteiger partial charge in [-0.3, -0.25) is 9.78 Å². The molecule has 0 spiro atoms. The van der Waals surface area contributed by atoms with E-state index in [4.69, 9.17) is 0 Å². The Morgan fingerprint density at radius 1 is 1.29 bits per heavy atom. The molecule has 2 aliphatic rings. The van der Waals surface area contributed by atoms with Crippen LogP contribution in [0.4, 0.5) is 17.6 Å². The number of likely N-dealkylation sites (tertiary alicyclic amines) is 1. The van der Waals surface area contributed by atoms with Gasteiger partial charge >= 0.3 is 6.18 Å². The number of aliphatic imine (C=N–C) groups is 1. The van der Waals surface area contributed by atoms with Crippen LogP contribution in [0.2, 0.25) is 0 Å². The van der Waals surface area contributed by atoms with Crippen molar-refractivity contribution in [3.05, 3.63) is 51.9 Å². The van der Waals surface area contributed by atoms with Gasteiger partial charge < -0.3 is 10.2 Å². The van der Waals surface area contributed by atoms with Gasteiger partial charge in [-0.05, 0) is 53.3 Å². The lowest BCUT2D eigenvalue weighted by Gasteiger charge is -2.40. The van der Waals surface area contributed by atoms with Crippen LogP contribution >= 0.6 is 0 Å². The number of halogens is 4. The molecule has 1 N–H and O–H groups in total. The fraction of sp³-hybridized carbons (Fsp3) is 0.500. The molecule has 1 saturated heterocycles. The minimum absolute atomic E-state index is 0.0405. The molecule has 0 radical (unpaired) electrons. The lowest BCUT2D eigenvalue weighted by atomic mass is 9.92. The molecule has 0 bridgehead atoms. The Kier molecular flexibility index (Phi) is 5.99. The van der Waals surface area contributed by atoms with E-state index in [1.54, 1.807) is 6.92 Å². The molecule has 168 valence electrons. The predicted molar refractivity (Wildman–Crippen MR) is 110 cm³/mol. The van der Waals surface area contributed by atoms with Crippen molar-refractivity contribution in [2.75, 3.05) is 13.1 Å².